The van der Waals surface area contributed by atoms with Crippen LogP contribution >= 0.6 is 0 Å². The van der Waals surface area contributed by atoms with Crippen LogP contribution in [0.15, 0.2) is 71.8 Å². The summed E-state index contributed by atoms with van der Waals surface area (Å²) >= 11 is 0. The molecule has 7 heteroatoms. The molecule has 190 valence electrons. The molecule has 3 rings (SSSR count). The molecule has 0 spiro atoms. The predicted molar refractivity (Wildman–Crippen MR) is 141 cm³/mol. The average molecular weight is 491 g/mol. The van der Waals surface area contributed by atoms with E-state index in [2.05, 4.69) is 17.5 Å². The predicted octanol–water partition coefficient (Wildman–Crippen LogP) is 6.01. The Balaban J connectivity index is 1.64. The van der Waals surface area contributed by atoms with Gasteiger partial charge in [-0.05, 0) is 67.8 Å². The summed E-state index contributed by atoms with van der Waals surface area (Å²) in [5, 5.41) is 4.11. The minimum absolute atomic E-state index is 0.355. The Bertz CT molecular complexity index is 1130. The molecule has 3 aromatic carbocycles. The summed E-state index contributed by atoms with van der Waals surface area (Å²) < 4.78 is 23.1. The van der Waals surface area contributed by atoms with Crippen molar-refractivity contribution in [3.63, 3.8) is 0 Å². The van der Waals surface area contributed by atoms with E-state index >= 15 is 0 Å². The molecule has 0 unspecified atom stereocenters. The summed E-state index contributed by atoms with van der Waals surface area (Å²) in [6.45, 7) is 7.94. The molecule has 0 aromatic heterocycles. The van der Waals surface area contributed by atoms with E-state index in [9.17, 15) is 4.79 Å². The summed E-state index contributed by atoms with van der Waals surface area (Å²) in [7, 11) is 0. The first-order chi connectivity index (χ1) is 17.6. The molecule has 1 N–H and O–H groups in total. The van der Waals surface area contributed by atoms with Gasteiger partial charge in [-0.25, -0.2) is 5.43 Å². The van der Waals surface area contributed by atoms with Crippen LogP contribution in [-0.2, 0) is 6.61 Å². The van der Waals surface area contributed by atoms with Crippen molar-refractivity contribution in [2.24, 2.45) is 5.10 Å². The zero-order valence-electron chi connectivity index (χ0n) is 21.2. The first-order valence-electron chi connectivity index (χ1n) is 12.3. The van der Waals surface area contributed by atoms with Crippen molar-refractivity contribution < 1.29 is 23.7 Å². The van der Waals surface area contributed by atoms with E-state index in [1.54, 1.807) is 24.4 Å². The van der Waals surface area contributed by atoms with Crippen molar-refractivity contribution in [3.05, 3.63) is 83.4 Å². The van der Waals surface area contributed by atoms with Gasteiger partial charge in [-0.3, -0.25) is 4.79 Å². The Labute approximate surface area is 213 Å². The Morgan fingerprint density at radius 3 is 2.22 bits per heavy atom. The van der Waals surface area contributed by atoms with Crippen LogP contribution < -0.4 is 24.4 Å². The van der Waals surface area contributed by atoms with E-state index in [-0.39, 0.29) is 5.91 Å². The van der Waals surface area contributed by atoms with E-state index in [4.69, 9.17) is 18.9 Å². The minimum Gasteiger partial charge on any atom is -0.490 e. The van der Waals surface area contributed by atoms with Gasteiger partial charge in [-0.1, -0.05) is 43.7 Å². The van der Waals surface area contributed by atoms with Crippen LogP contribution in [-0.4, -0.2) is 31.9 Å². The van der Waals surface area contributed by atoms with Gasteiger partial charge in [0.2, 0.25) is 0 Å². The first-order valence-corrected chi connectivity index (χ1v) is 12.3. The normalized spacial score (nSPS) is 10.8. The molecule has 3 aromatic rings. The Morgan fingerprint density at radius 1 is 0.806 bits per heavy atom. The van der Waals surface area contributed by atoms with Crippen molar-refractivity contribution >= 4 is 12.1 Å². The number of amides is 1. The molecule has 0 atom stereocenters. The number of carbonyl (C=O) groups is 1. The number of benzene rings is 3. The molecule has 1 amide bonds. The second kappa shape index (κ2) is 14.4. The number of unbranched alkanes of at least 4 members (excludes halogenated alkanes) is 1. The van der Waals surface area contributed by atoms with Crippen LogP contribution in [0, 0.1) is 0 Å². The molecule has 0 bridgehead atoms. The van der Waals surface area contributed by atoms with Gasteiger partial charge in [-0.15, -0.1) is 0 Å². The number of hydrogen-bond donors (Lipinski definition) is 1. The molecular weight excluding hydrogens is 456 g/mol. The van der Waals surface area contributed by atoms with Crippen LogP contribution in [0.3, 0.4) is 0 Å². The van der Waals surface area contributed by atoms with Gasteiger partial charge in [0.15, 0.2) is 23.0 Å². The maximum Gasteiger partial charge on any atom is 0.271 e. The van der Waals surface area contributed by atoms with E-state index in [1.807, 2.05) is 62.4 Å². The fraction of sp³-hybridized carbons (Fsp3) is 0.310. The van der Waals surface area contributed by atoms with Crippen LogP contribution in [0.1, 0.15) is 55.1 Å². The summed E-state index contributed by atoms with van der Waals surface area (Å²) in [6, 6.07) is 20.5. The quantitative estimate of drug-likeness (QED) is 0.170. The molecule has 0 radical (unpaired) electrons. The summed E-state index contributed by atoms with van der Waals surface area (Å²) in [6.07, 6.45) is 3.60. The Morgan fingerprint density at radius 2 is 1.50 bits per heavy atom. The Hall–Kier alpha value is -4.00. The lowest BCUT2D eigenvalue weighted by Crippen LogP contribution is -2.17. The molecular formula is C29H34N2O5. The molecule has 0 aliphatic rings. The fourth-order valence-corrected chi connectivity index (χ4v) is 3.32. The van der Waals surface area contributed by atoms with Crippen LogP contribution in [0.4, 0.5) is 0 Å². The van der Waals surface area contributed by atoms with Gasteiger partial charge in [0.1, 0.15) is 6.61 Å². The largest absolute Gasteiger partial charge is 0.490 e. The van der Waals surface area contributed by atoms with Crippen molar-refractivity contribution in [2.75, 3.05) is 19.8 Å². The maximum absolute atomic E-state index is 12.7. The van der Waals surface area contributed by atoms with Crippen LogP contribution in [0.25, 0.3) is 0 Å². The summed E-state index contributed by atoms with van der Waals surface area (Å²) in [5.41, 5.74) is 4.80. The zero-order valence-corrected chi connectivity index (χ0v) is 21.2. The third-order valence-electron chi connectivity index (χ3n) is 5.15. The molecule has 0 saturated heterocycles. The standard InChI is InChI=1S/C29H34N2O5/c1-4-7-17-35-25-15-13-23(18-27(25)33-5-2)20-30-31-29(32)24-14-16-26(28(19-24)34-6-3)36-21-22-11-9-8-10-12-22/h8-16,18-20H,4-7,17,21H2,1-3H3,(H,31,32). The summed E-state index contributed by atoms with van der Waals surface area (Å²) in [5.74, 6) is 2.07. The molecule has 0 heterocycles. The molecule has 0 saturated carbocycles. The van der Waals surface area contributed by atoms with Crippen molar-refractivity contribution in [3.8, 4) is 23.0 Å². The van der Waals surface area contributed by atoms with E-state index in [1.165, 1.54) is 0 Å². The van der Waals surface area contributed by atoms with Crippen molar-refractivity contribution in [1.29, 1.82) is 0 Å². The van der Waals surface area contributed by atoms with Gasteiger partial charge in [0.05, 0.1) is 26.0 Å². The second-order valence-corrected chi connectivity index (χ2v) is 7.91. The average Bonchev–Trinajstić information content (AvgIpc) is 2.90. The van der Waals surface area contributed by atoms with Crippen LogP contribution in [0.2, 0.25) is 0 Å². The topological polar surface area (TPSA) is 78.4 Å². The fourth-order valence-electron chi connectivity index (χ4n) is 3.32. The number of carbonyl (C=O) groups excluding carboxylic acids is 1. The molecule has 7 nitrogen and oxygen atoms in total. The number of nitrogens with one attached hydrogen (secondary N) is 1. The monoisotopic (exact) mass is 490 g/mol. The van der Waals surface area contributed by atoms with E-state index in [0.717, 1.165) is 24.0 Å². The number of hydrazone groups is 1. The lowest BCUT2D eigenvalue weighted by atomic mass is 10.2. The highest BCUT2D eigenvalue weighted by Crippen LogP contribution is 2.30. The second-order valence-electron chi connectivity index (χ2n) is 7.91. The third-order valence-corrected chi connectivity index (χ3v) is 5.15. The van der Waals surface area contributed by atoms with Gasteiger partial charge in [0.25, 0.3) is 5.91 Å². The van der Waals surface area contributed by atoms with Gasteiger partial charge >= 0.3 is 0 Å². The van der Waals surface area contributed by atoms with E-state index < -0.39 is 0 Å². The molecule has 0 aliphatic carbocycles. The smallest absolute Gasteiger partial charge is 0.271 e. The first kappa shape index (κ1) is 26.6. The highest BCUT2D eigenvalue weighted by atomic mass is 16.5. The van der Waals surface area contributed by atoms with Gasteiger partial charge in [0, 0.05) is 5.56 Å². The molecule has 36 heavy (non-hydrogen) atoms. The SMILES string of the molecule is CCCCOc1ccc(C=NNC(=O)c2ccc(OCc3ccccc3)c(OCC)c2)cc1OCC. The van der Waals surface area contributed by atoms with Gasteiger partial charge < -0.3 is 18.9 Å². The lowest BCUT2D eigenvalue weighted by molar-refractivity contribution is 0.0954. The highest BCUT2D eigenvalue weighted by molar-refractivity contribution is 5.95. The third kappa shape index (κ3) is 8.05. The van der Waals surface area contributed by atoms with Gasteiger partial charge in [-0.2, -0.15) is 5.10 Å². The number of ether oxygens (including phenoxy) is 4. The Kier molecular flexibility index (Phi) is 10.6. The van der Waals surface area contributed by atoms with Crippen molar-refractivity contribution in [1.82, 2.24) is 5.43 Å². The number of hydrogen-bond acceptors (Lipinski definition) is 6. The number of nitrogens with zero attached hydrogens (tertiary/aromatic N) is 1. The minimum atomic E-state index is -0.355. The highest BCUT2D eigenvalue weighted by Gasteiger charge is 2.12. The number of rotatable bonds is 14. The van der Waals surface area contributed by atoms with Crippen molar-refractivity contribution in [2.45, 2.75) is 40.2 Å². The van der Waals surface area contributed by atoms with Crippen LogP contribution in [0.5, 0.6) is 23.0 Å². The molecule has 0 aliphatic heterocycles. The molecule has 0 fully saturated rings. The summed E-state index contributed by atoms with van der Waals surface area (Å²) in [4.78, 5) is 12.7. The lowest BCUT2D eigenvalue weighted by Gasteiger charge is -2.13. The van der Waals surface area contributed by atoms with E-state index in [0.29, 0.717) is 55.0 Å². The zero-order chi connectivity index (χ0) is 25.6. The maximum atomic E-state index is 12.7.